The summed E-state index contributed by atoms with van der Waals surface area (Å²) in [5.74, 6) is -1.31. The van der Waals surface area contributed by atoms with Gasteiger partial charge in [0.15, 0.2) is 6.10 Å². The first kappa shape index (κ1) is 14.2. The molecule has 0 aliphatic carbocycles. The number of likely N-dealkylation sites (N-methyl/N-ethyl adjacent to an activating group) is 1. The van der Waals surface area contributed by atoms with Crippen LogP contribution in [0.2, 0.25) is 0 Å². The third kappa shape index (κ3) is 4.18. The number of rotatable bonds is 6. The molecule has 0 aliphatic rings. The van der Waals surface area contributed by atoms with E-state index in [4.69, 9.17) is 5.11 Å². The predicted molar refractivity (Wildman–Crippen MR) is 65.9 cm³/mol. The fourth-order valence-corrected chi connectivity index (χ4v) is 1.56. The molecule has 5 heteroatoms. The average Bonchev–Trinajstić information content (AvgIpc) is 2.37. The first-order valence-corrected chi connectivity index (χ1v) is 5.72. The number of carbonyl (C=O) groups is 2. The van der Waals surface area contributed by atoms with Crippen LogP contribution in [0.25, 0.3) is 0 Å². The zero-order valence-corrected chi connectivity index (χ0v) is 10.2. The van der Waals surface area contributed by atoms with Gasteiger partial charge in [0, 0.05) is 20.0 Å². The molecule has 0 aromatic heterocycles. The van der Waals surface area contributed by atoms with E-state index in [1.807, 2.05) is 0 Å². The standard InChI is InChI=1S/C13H17NO4/c1-14(9-5-8-11(15)16)13(18)12(17)10-6-3-2-4-7-10/h2-4,6-7,12,17H,5,8-9H2,1H3,(H,15,16). The van der Waals surface area contributed by atoms with Gasteiger partial charge in [0.05, 0.1) is 0 Å². The molecule has 1 aromatic carbocycles. The van der Waals surface area contributed by atoms with Crippen molar-refractivity contribution in [2.75, 3.05) is 13.6 Å². The van der Waals surface area contributed by atoms with Crippen molar-refractivity contribution in [3.8, 4) is 0 Å². The van der Waals surface area contributed by atoms with Crippen LogP contribution >= 0.6 is 0 Å². The molecule has 2 N–H and O–H groups in total. The van der Waals surface area contributed by atoms with Crippen LogP contribution in [0.3, 0.4) is 0 Å². The van der Waals surface area contributed by atoms with E-state index >= 15 is 0 Å². The highest BCUT2D eigenvalue weighted by molar-refractivity contribution is 5.81. The molecule has 0 bridgehead atoms. The number of amides is 1. The molecule has 18 heavy (non-hydrogen) atoms. The lowest BCUT2D eigenvalue weighted by molar-refractivity contribution is -0.141. The van der Waals surface area contributed by atoms with Crippen molar-refractivity contribution in [3.63, 3.8) is 0 Å². The Morgan fingerprint density at radius 3 is 2.44 bits per heavy atom. The highest BCUT2D eigenvalue weighted by Crippen LogP contribution is 2.14. The van der Waals surface area contributed by atoms with Crippen LogP contribution in [0.4, 0.5) is 0 Å². The van der Waals surface area contributed by atoms with Crippen molar-refractivity contribution in [1.82, 2.24) is 4.90 Å². The molecule has 1 amide bonds. The van der Waals surface area contributed by atoms with Gasteiger partial charge in [-0.25, -0.2) is 0 Å². The number of carboxylic acids is 1. The van der Waals surface area contributed by atoms with Gasteiger partial charge in [-0.05, 0) is 12.0 Å². The summed E-state index contributed by atoms with van der Waals surface area (Å²) in [6, 6.07) is 8.64. The van der Waals surface area contributed by atoms with Crippen molar-refractivity contribution in [1.29, 1.82) is 0 Å². The Morgan fingerprint density at radius 1 is 1.28 bits per heavy atom. The maximum atomic E-state index is 11.8. The van der Waals surface area contributed by atoms with E-state index in [9.17, 15) is 14.7 Å². The molecular formula is C13H17NO4. The van der Waals surface area contributed by atoms with Gasteiger partial charge in [-0.2, -0.15) is 0 Å². The van der Waals surface area contributed by atoms with Crippen LogP contribution in [0, 0.1) is 0 Å². The van der Waals surface area contributed by atoms with Crippen LogP contribution in [0.15, 0.2) is 30.3 Å². The second kappa shape index (κ2) is 6.76. The van der Waals surface area contributed by atoms with E-state index in [2.05, 4.69) is 0 Å². The summed E-state index contributed by atoms with van der Waals surface area (Å²) in [5.41, 5.74) is 0.535. The highest BCUT2D eigenvalue weighted by atomic mass is 16.4. The minimum absolute atomic E-state index is 0.0129. The Labute approximate surface area is 106 Å². The second-order valence-electron chi connectivity index (χ2n) is 4.07. The summed E-state index contributed by atoms with van der Waals surface area (Å²) in [6.07, 6.45) is -0.806. The van der Waals surface area contributed by atoms with Crippen LogP contribution in [0.1, 0.15) is 24.5 Å². The van der Waals surface area contributed by atoms with Gasteiger partial charge in [0.1, 0.15) is 0 Å². The second-order valence-corrected chi connectivity index (χ2v) is 4.07. The lowest BCUT2D eigenvalue weighted by atomic mass is 10.1. The largest absolute Gasteiger partial charge is 0.481 e. The molecule has 0 fully saturated rings. The molecule has 0 aliphatic heterocycles. The van der Waals surface area contributed by atoms with Gasteiger partial charge < -0.3 is 15.1 Å². The van der Waals surface area contributed by atoms with E-state index in [-0.39, 0.29) is 6.42 Å². The summed E-state index contributed by atoms with van der Waals surface area (Å²) in [7, 11) is 1.55. The first-order chi connectivity index (χ1) is 8.52. The summed E-state index contributed by atoms with van der Waals surface area (Å²) in [5, 5.41) is 18.4. The van der Waals surface area contributed by atoms with Crippen molar-refractivity contribution < 1.29 is 19.8 Å². The van der Waals surface area contributed by atoms with Gasteiger partial charge in [-0.1, -0.05) is 30.3 Å². The van der Waals surface area contributed by atoms with Crippen molar-refractivity contribution in [2.24, 2.45) is 0 Å². The molecule has 98 valence electrons. The Bertz CT molecular complexity index is 405. The molecule has 0 radical (unpaired) electrons. The van der Waals surface area contributed by atoms with Gasteiger partial charge in [0.2, 0.25) is 0 Å². The number of hydrogen-bond acceptors (Lipinski definition) is 3. The first-order valence-electron chi connectivity index (χ1n) is 5.72. The van der Waals surface area contributed by atoms with E-state index < -0.39 is 18.0 Å². The average molecular weight is 251 g/mol. The lowest BCUT2D eigenvalue weighted by Gasteiger charge is -2.20. The van der Waals surface area contributed by atoms with Crippen LogP contribution < -0.4 is 0 Å². The van der Waals surface area contributed by atoms with Crippen molar-refractivity contribution in [2.45, 2.75) is 18.9 Å². The molecule has 0 spiro atoms. The predicted octanol–water partition coefficient (Wildman–Crippen LogP) is 1.04. The number of aliphatic hydroxyl groups excluding tert-OH is 1. The maximum Gasteiger partial charge on any atom is 0.303 e. The Balaban J connectivity index is 2.50. The molecular weight excluding hydrogens is 234 g/mol. The number of aliphatic hydroxyl groups is 1. The molecule has 1 rings (SSSR count). The van der Waals surface area contributed by atoms with Gasteiger partial charge in [-0.15, -0.1) is 0 Å². The van der Waals surface area contributed by atoms with Gasteiger partial charge in [0.25, 0.3) is 5.91 Å². The van der Waals surface area contributed by atoms with E-state index in [1.54, 1.807) is 37.4 Å². The number of benzene rings is 1. The van der Waals surface area contributed by atoms with Crippen molar-refractivity contribution in [3.05, 3.63) is 35.9 Å². The minimum atomic E-state index is -1.19. The summed E-state index contributed by atoms with van der Waals surface area (Å²) < 4.78 is 0. The summed E-state index contributed by atoms with van der Waals surface area (Å²) in [6.45, 7) is 0.315. The lowest BCUT2D eigenvalue weighted by Crippen LogP contribution is -2.32. The zero-order chi connectivity index (χ0) is 13.5. The highest BCUT2D eigenvalue weighted by Gasteiger charge is 2.20. The zero-order valence-electron chi connectivity index (χ0n) is 10.2. The topological polar surface area (TPSA) is 77.8 Å². The number of carbonyl (C=O) groups excluding carboxylic acids is 1. The van der Waals surface area contributed by atoms with Gasteiger partial charge >= 0.3 is 5.97 Å². The molecule has 0 heterocycles. The Morgan fingerprint density at radius 2 is 1.89 bits per heavy atom. The number of hydrogen-bond donors (Lipinski definition) is 2. The fourth-order valence-electron chi connectivity index (χ4n) is 1.56. The third-order valence-electron chi connectivity index (χ3n) is 2.61. The van der Waals surface area contributed by atoms with Crippen LogP contribution in [0.5, 0.6) is 0 Å². The van der Waals surface area contributed by atoms with Crippen molar-refractivity contribution >= 4 is 11.9 Å². The SMILES string of the molecule is CN(CCCC(=O)O)C(=O)C(O)c1ccccc1. The summed E-state index contributed by atoms with van der Waals surface area (Å²) in [4.78, 5) is 23.5. The van der Waals surface area contributed by atoms with E-state index in [0.717, 1.165) is 0 Å². The van der Waals surface area contributed by atoms with Gasteiger partial charge in [-0.3, -0.25) is 9.59 Å². The molecule has 1 aromatic rings. The number of aliphatic carboxylic acids is 1. The molecule has 0 saturated heterocycles. The molecule has 5 nitrogen and oxygen atoms in total. The maximum absolute atomic E-state index is 11.8. The Kier molecular flexibility index (Phi) is 5.32. The fraction of sp³-hybridized carbons (Fsp3) is 0.385. The quantitative estimate of drug-likeness (QED) is 0.792. The van der Waals surface area contributed by atoms with Crippen LogP contribution in [-0.4, -0.2) is 40.6 Å². The smallest absolute Gasteiger partial charge is 0.303 e. The monoisotopic (exact) mass is 251 g/mol. The third-order valence-corrected chi connectivity index (χ3v) is 2.61. The molecule has 1 atom stereocenters. The van der Waals surface area contributed by atoms with E-state index in [0.29, 0.717) is 18.5 Å². The molecule has 1 unspecified atom stereocenters. The Hall–Kier alpha value is -1.88. The van der Waals surface area contributed by atoms with Crippen LogP contribution in [-0.2, 0) is 9.59 Å². The number of carboxylic acid groups (broad SMARTS) is 1. The summed E-state index contributed by atoms with van der Waals surface area (Å²) >= 11 is 0. The normalized spacial score (nSPS) is 11.9. The number of nitrogens with zero attached hydrogens (tertiary/aromatic N) is 1. The molecule has 0 saturated carbocycles. The minimum Gasteiger partial charge on any atom is -0.481 e. The van der Waals surface area contributed by atoms with E-state index in [1.165, 1.54) is 4.90 Å².